The summed E-state index contributed by atoms with van der Waals surface area (Å²) in [6, 6.07) is 9.30. The molecule has 1 aromatic carbocycles. The number of hydrogen-bond acceptors (Lipinski definition) is 3. The van der Waals surface area contributed by atoms with E-state index < -0.39 is 5.91 Å². The van der Waals surface area contributed by atoms with Crippen LogP contribution >= 0.6 is 11.6 Å². The summed E-state index contributed by atoms with van der Waals surface area (Å²) in [4.78, 5) is 11.3. The van der Waals surface area contributed by atoms with E-state index in [0.717, 1.165) is 11.1 Å². The number of amides is 1. The third kappa shape index (κ3) is 1.88. The van der Waals surface area contributed by atoms with Crippen molar-refractivity contribution < 1.29 is 4.79 Å². The number of aromatic nitrogens is 2. The fourth-order valence-corrected chi connectivity index (χ4v) is 2.36. The summed E-state index contributed by atoms with van der Waals surface area (Å²) >= 11 is 6.17. The van der Waals surface area contributed by atoms with Gasteiger partial charge < -0.3 is 11.5 Å². The molecule has 0 aliphatic heterocycles. The van der Waals surface area contributed by atoms with Crippen LogP contribution in [0, 0.1) is 0 Å². The van der Waals surface area contributed by atoms with Gasteiger partial charge in [-0.2, -0.15) is 5.10 Å². The number of nitrogens with zero attached hydrogens (tertiary/aromatic N) is 2. The van der Waals surface area contributed by atoms with Crippen molar-refractivity contribution in [3.8, 4) is 11.1 Å². The number of carbonyl (C=O) groups excluding carboxylic acids is 1. The van der Waals surface area contributed by atoms with Crippen LogP contribution in [0.15, 0.2) is 42.7 Å². The standard InChI is InChI=1S/C14H11ClN4O/c15-11-4-2-1-3-9(11)8-5-12-13(16)10(14(17)20)6-18-19(12)7-8/h1-7H,16H2,(H2,17,20). The predicted molar refractivity (Wildman–Crippen MR) is 78.6 cm³/mol. The largest absolute Gasteiger partial charge is 0.396 e. The van der Waals surface area contributed by atoms with Crippen LogP contribution in [0.3, 0.4) is 0 Å². The van der Waals surface area contributed by atoms with Crippen molar-refractivity contribution in [1.29, 1.82) is 0 Å². The minimum Gasteiger partial charge on any atom is -0.396 e. The highest BCUT2D eigenvalue weighted by atomic mass is 35.5. The van der Waals surface area contributed by atoms with Crippen molar-refractivity contribution in [2.75, 3.05) is 5.73 Å². The molecule has 4 N–H and O–H groups in total. The first-order chi connectivity index (χ1) is 9.58. The summed E-state index contributed by atoms with van der Waals surface area (Å²) < 4.78 is 1.60. The van der Waals surface area contributed by atoms with E-state index in [2.05, 4.69) is 5.10 Å². The number of hydrogen-bond donors (Lipinski definition) is 2. The molecule has 6 heteroatoms. The fraction of sp³-hybridized carbons (Fsp3) is 0. The maximum Gasteiger partial charge on any atom is 0.252 e. The zero-order chi connectivity index (χ0) is 14.3. The van der Waals surface area contributed by atoms with E-state index in [4.69, 9.17) is 23.1 Å². The molecule has 2 aromatic heterocycles. The lowest BCUT2D eigenvalue weighted by Crippen LogP contribution is -2.15. The highest BCUT2D eigenvalue weighted by molar-refractivity contribution is 6.33. The highest BCUT2D eigenvalue weighted by Gasteiger charge is 2.13. The Morgan fingerprint density at radius 3 is 2.75 bits per heavy atom. The summed E-state index contributed by atoms with van der Waals surface area (Å²) in [5, 5.41) is 4.77. The maximum absolute atomic E-state index is 11.3. The number of halogens is 1. The topological polar surface area (TPSA) is 86.4 Å². The van der Waals surface area contributed by atoms with Crippen LogP contribution in [0.5, 0.6) is 0 Å². The Morgan fingerprint density at radius 2 is 2.05 bits per heavy atom. The van der Waals surface area contributed by atoms with Gasteiger partial charge in [0.25, 0.3) is 5.91 Å². The van der Waals surface area contributed by atoms with Gasteiger partial charge in [-0.25, -0.2) is 4.52 Å². The number of benzene rings is 1. The number of anilines is 1. The van der Waals surface area contributed by atoms with Crippen LogP contribution in [0.25, 0.3) is 16.6 Å². The van der Waals surface area contributed by atoms with E-state index in [9.17, 15) is 4.79 Å². The molecule has 3 rings (SSSR count). The second-order valence-electron chi connectivity index (χ2n) is 4.37. The average Bonchev–Trinajstić information content (AvgIpc) is 2.84. The molecule has 0 saturated heterocycles. The van der Waals surface area contributed by atoms with Crippen LogP contribution in [-0.2, 0) is 0 Å². The lowest BCUT2D eigenvalue weighted by molar-refractivity contribution is 0.100. The second-order valence-corrected chi connectivity index (χ2v) is 4.78. The van der Waals surface area contributed by atoms with Crippen LogP contribution in [0.2, 0.25) is 5.02 Å². The first kappa shape index (κ1) is 12.5. The summed E-state index contributed by atoms with van der Waals surface area (Å²) in [5.41, 5.74) is 14.1. The SMILES string of the molecule is NC(=O)c1cnn2cc(-c3ccccc3Cl)cc2c1N. The van der Waals surface area contributed by atoms with E-state index in [0.29, 0.717) is 16.2 Å². The van der Waals surface area contributed by atoms with Gasteiger partial charge in [-0.05, 0) is 12.1 Å². The zero-order valence-electron chi connectivity index (χ0n) is 10.4. The number of carbonyl (C=O) groups is 1. The molecule has 2 heterocycles. The van der Waals surface area contributed by atoms with Crippen molar-refractivity contribution in [2.24, 2.45) is 5.73 Å². The van der Waals surface area contributed by atoms with E-state index in [1.54, 1.807) is 10.7 Å². The summed E-state index contributed by atoms with van der Waals surface area (Å²) in [6.45, 7) is 0. The first-order valence-electron chi connectivity index (χ1n) is 5.89. The quantitative estimate of drug-likeness (QED) is 0.758. The molecule has 20 heavy (non-hydrogen) atoms. The van der Waals surface area contributed by atoms with Crippen molar-refractivity contribution in [2.45, 2.75) is 0 Å². The summed E-state index contributed by atoms with van der Waals surface area (Å²) in [7, 11) is 0. The molecule has 0 aliphatic carbocycles. The van der Waals surface area contributed by atoms with Gasteiger partial charge in [0.15, 0.2) is 0 Å². The minimum atomic E-state index is -0.599. The number of nitrogen functional groups attached to an aromatic ring is 1. The normalized spacial score (nSPS) is 10.8. The van der Waals surface area contributed by atoms with Crippen LogP contribution in [-0.4, -0.2) is 15.5 Å². The molecule has 0 spiro atoms. The number of primary amides is 1. The fourth-order valence-electron chi connectivity index (χ4n) is 2.12. The summed E-state index contributed by atoms with van der Waals surface area (Å²) in [6.07, 6.45) is 3.17. The van der Waals surface area contributed by atoms with Crippen molar-refractivity contribution >= 4 is 28.7 Å². The van der Waals surface area contributed by atoms with E-state index in [-0.39, 0.29) is 5.56 Å². The molecule has 5 nitrogen and oxygen atoms in total. The number of rotatable bonds is 2. The number of nitrogens with two attached hydrogens (primary N) is 2. The zero-order valence-corrected chi connectivity index (χ0v) is 11.1. The number of fused-ring (bicyclic) bond motifs is 1. The Kier molecular flexibility index (Phi) is 2.84. The predicted octanol–water partition coefficient (Wildman–Crippen LogP) is 2.34. The van der Waals surface area contributed by atoms with E-state index in [1.807, 2.05) is 30.3 Å². The Hall–Kier alpha value is -2.53. The Bertz CT molecular complexity index is 825. The Morgan fingerprint density at radius 1 is 1.30 bits per heavy atom. The van der Waals surface area contributed by atoms with Crippen LogP contribution in [0.4, 0.5) is 5.69 Å². The molecule has 0 atom stereocenters. The van der Waals surface area contributed by atoms with Crippen molar-refractivity contribution in [3.63, 3.8) is 0 Å². The molecular formula is C14H11ClN4O. The molecule has 3 aromatic rings. The Balaban J connectivity index is 2.24. The molecule has 100 valence electrons. The van der Waals surface area contributed by atoms with E-state index >= 15 is 0 Å². The van der Waals surface area contributed by atoms with Crippen LogP contribution < -0.4 is 11.5 Å². The summed E-state index contributed by atoms with van der Waals surface area (Å²) in [5.74, 6) is -0.599. The van der Waals surface area contributed by atoms with Gasteiger partial charge in [0.05, 0.1) is 23.0 Å². The smallest absolute Gasteiger partial charge is 0.252 e. The third-order valence-electron chi connectivity index (χ3n) is 3.13. The molecule has 0 unspecified atom stereocenters. The van der Waals surface area contributed by atoms with Gasteiger partial charge in [-0.3, -0.25) is 4.79 Å². The van der Waals surface area contributed by atoms with Gasteiger partial charge in [-0.15, -0.1) is 0 Å². The molecule has 1 amide bonds. The van der Waals surface area contributed by atoms with Gasteiger partial charge in [0.2, 0.25) is 0 Å². The molecule has 0 bridgehead atoms. The lowest BCUT2D eigenvalue weighted by atomic mass is 10.1. The van der Waals surface area contributed by atoms with Crippen molar-refractivity contribution in [3.05, 3.63) is 53.3 Å². The van der Waals surface area contributed by atoms with Gasteiger partial charge in [0.1, 0.15) is 0 Å². The second kappa shape index (κ2) is 4.54. The highest BCUT2D eigenvalue weighted by Crippen LogP contribution is 2.31. The third-order valence-corrected chi connectivity index (χ3v) is 3.46. The molecule has 0 fully saturated rings. The monoisotopic (exact) mass is 286 g/mol. The minimum absolute atomic E-state index is 0.210. The molecular weight excluding hydrogens is 276 g/mol. The molecule has 0 aliphatic rings. The Labute approximate surface area is 119 Å². The van der Waals surface area contributed by atoms with Gasteiger partial charge in [-0.1, -0.05) is 29.8 Å². The average molecular weight is 287 g/mol. The molecule has 0 saturated carbocycles. The lowest BCUT2D eigenvalue weighted by Gasteiger charge is -2.02. The molecule has 0 radical (unpaired) electrons. The van der Waals surface area contributed by atoms with E-state index in [1.165, 1.54) is 6.20 Å². The first-order valence-corrected chi connectivity index (χ1v) is 6.27. The van der Waals surface area contributed by atoms with Gasteiger partial charge >= 0.3 is 0 Å². The van der Waals surface area contributed by atoms with Crippen LogP contribution in [0.1, 0.15) is 10.4 Å². The van der Waals surface area contributed by atoms with Gasteiger partial charge in [0, 0.05) is 22.3 Å². The van der Waals surface area contributed by atoms with Crippen molar-refractivity contribution in [1.82, 2.24) is 9.61 Å². The maximum atomic E-state index is 11.3.